The van der Waals surface area contributed by atoms with Crippen LogP contribution < -0.4 is 10.6 Å². The van der Waals surface area contributed by atoms with E-state index in [1.54, 1.807) is 29.3 Å². The van der Waals surface area contributed by atoms with Gasteiger partial charge in [0.25, 0.3) is 5.91 Å². The van der Waals surface area contributed by atoms with Gasteiger partial charge in [0, 0.05) is 21.7 Å². The van der Waals surface area contributed by atoms with E-state index in [1.807, 2.05) is 49.4 Å². The summed E-state index contributed by atoms with van der Waals surface area (Å²) in [5.74, 6) is -0.764. The number of rotatable bonds is 4. The first-order valence-electron chi connectivity index (χ1n) is 11.0. The summed E-state index contributed by atoms with van der Waals surface area (Å²) in [4.78, 5) is 32.9. The van der Waals surface area contributed by atoms with Crippen molar-refractivity contribution in [3.63, 3.8) is 0 Å². The van der Waals surface area contributed by atoms with Gasteiger partial charge in [-0.05, 0) is 93.0 Å². The first-order chi connectivity index (χ1) is 16.1. The van der Waals surface area contributed by atoms with Crippen molar-refractivity contribution >= 4 is 66.8 Å². The molecule has 3 heterocycles. The smallest absolute Gasteiger partial charge is 0.411 e. The maximum Gasteiger partial charge on any atom is 0.411 e. The van der Waals surface area contributed by atoms with E-state index in [1.165, 1.54) is 17.4 Å². The topological polar surface area (TPSA) is 83.6 Å². The third-order valence-electron chi connectivity index (χ3n) is 5.30. The van der Waals surface area contributed by atoms with Gasteiger partial charge < -0.3 is 15.4 Å². The molecule has 1 unspecified atom stereocenters. The number of hydrogen-bond acceptors (Lipinski definition) is 6. The average Bonchev–Trinajstić information content (AvgIpc) is 3.13. The molecule has 2 aromatic heterocycles. The maximum atomic E-state index is 14.5. The van der Waals surface area contributed by atoms with E-state index in [9.17, 15) is 14.0 Å². The van der Waals surface area contributed by atoms with Crippen LogP contribution in [-0.4, -0.2) is 40.2 Å². The van der Waals surface area contributed by atoms with E-state index in [4.69, 9.17) is 4.74 Å². The summed E-state index contributed by atoms with van der Waals surface area (Å²) in [7, 11) is 0. The predicted molar refractivity (Wildman–Crippen MR) is 140 cm³/mol. The Morgan fingerprint density at radius 2 is 2.06 bits per heavy atom. The zero-order chi connectivity index (χ0) is 24.5. The van der Waals surface area contributed by atoms with Gasteiger partial charge in [-0.3, -0.25) is 9.69 Å². The second-order valence-electron chi connectivity index (χ2n) is 9.07. The van der Waals surface area contributed by atoms with Crippen molar-refractivity contribution < 1.29 is 18.7 Å². The molecule has 1 atom stereocenters. The molecule has 0 saturated carbocycles. The highest BCUT2D eigenvalue weighted by atomic mass is 127. The molecular weight excluding hydrogens is 570 g/mol. The average molecular weight is 596 g/mol. The van der Waals surface area contributed by atoms with E-state index in [0.717, 1.165) is 16.4 Å². The van der Waals surface area contributed by atoms with E-state index in [0.29, 0.717) is 33.7 Å². The number of halogens is 2. The fourth-order valence-electron chi connectivity index (χ4n) is 3.80. The lowest BCUT2D eigenvalue weighted by molar-refractivity contribution is 0.00604. The van der Waals surface area contributed by atoms with E-state index in [-0.39, 0.29) is 11.6 Å². The highest BCUT2D eigenvalue weighted by molar-refractivity contribution is 14.1. The number of carbonyl (C=O) groups excluding carboxylic acids is 2. The fraction of sp³-hybridized carbons (Fsp3) is 0.375. The molecule has 1 aliphatic rings. The molecule has 34 heavy (non-hydrogen) atoms. The van der Waals surface area contributed by atoms with Gasteiger partial charge in [-0.1, -0.05) is 11.3 Å². The number of ether oxygens (including phenoxy) is 1. The lowest BCUT2D eigenvalue weighted by atomic mass is 10.1. The van der Waals surface area contributed by atoms with Crippen molar-refractivity contribution in [2.45, 2.75) is 51.8 Å². The van der Waals surface area contributed by atoms with Crippen molar-refractivity contribution in [2.75, 3.05) is 11.9 Å². The molecule has 180 valence electrons. The number of likely N-dealkylation sites (tertiary alicyclic amines) is 1. The summed E-state index contributed by atoms with van der Waals surface area (Å²) in [5, 5.41) is 7.24. The van der Waals surface area contributed by atoms with Crippen LogP contribution in [0.2, 0.25) is 0 Å². The highest BCUT2D eigenvalue weighted by Gasteiger charge is 2.32. The van der Waals surface area contributed by atoms with Crippen LogP contribution in [0.25, 0.3) is 10.2 Å². The summed E-state index contributed by atoms with van der Waals surface area (Å²) in [6.45, 7) is 5.95. The second-order valence-corrected chi connectivity index (χ2v) is 11.3. The van der Waals surface area contributed by atoms with Crippen molar-refractivity contribution in [1.82, 2.24) is 15.2 Å². The SMILES string of the molecule is CC(C)(C)OC(=O)N1CCCCC1NC(=O)c1c(Nc2ccc(I)cc2F)sc2ncccc12. The summed E-state index contributed by atoms with van der Waals surface area (Å²) in [6.07, 6.45) is 3.06. The van der Waals surface area contributed by atoms with E-state index in [2.05, 4.69) is 15.6 Å². The lowest BCUT2D eigenvalue weighted by Crippen LogP contribution is -2.54. The monoisotopic (exact) mass is 596 g/mol. The molecule has 3 aromatic rings. The van der Waals surface area contributed by atoms with Crippen molar-refractivity contribution in [2.24, 2.45) is 0 Å². The van der Waals surface area contributed by atoms with E-state index < -0.39 is 23.7 Å². The molecule has 0 radical (unpaired) electrons. The number of aromatic nitrogens is 1. The summed E-state index contributed by atoms with van der Waals surface area (Å²) >= 11 is 3.33. The maximum absolute atomic E-state index is 14.5. The second kappa shape index (κ2) is 10.0. The van der Waals surface area contributed by atoms with Crippen molar-refractivity contribution in [1.29, 1.82) is 0 Å². The third-order valence-corrected chi connectivity index (χ3v) is 7.00. The minimum Gasteiger partial charge on any atom is -0.444 e. The number of nitrogens with zero attached hydrogens (tertiary/aromatic N) is 2. The summed E-state index contributed by atoms with van der Waals surface area (Å²) < 4.78 is 20.9. The van der Waals surface area contributed by atoms with E-state index >= 15 is 0 Å². The Balaban J connectivity index is 1.63. The van der Waals surface area contributed by atoms with Gasteiger partial charge in [0.05, 0.1) is 11.3 Å². The molecule has 2 amide bonds. The van der Waals surface area contributed by atoms with Crippen LogP contribution in [0.5, 0.6) is 0 Å². The molecule has 1 fully saturated rings. The Morgan fingerprint density at radius 1 is 1.26 bits per heavy atom. The Hall–Kier alpha value is -2.47. The molecule has 2 N–H and O–H groups in total. The minimum absolute atomic E-state index is 0.272. The highest BCUT2D eigenvalue weighted by Crippen LogP contribution is 2.37. The zero-order valence-electron chi connectivity index (χ0n) is 19.2. The van der Waals surface area contributed by atoms with Crippen molar-refractivity contribution in [3.8, 4) is 0 Å². The van der Waals surface area contributed by atoms with Crippen LogP contribution in [0.3, 0.4) is 0 Å². The van der Waals surface area contributed by atoms with Crippen LogP contribution in [0, 0.1) is 9.39 Å². The number of nitrogens with one attached hydrogen (secondary N) is 2. The Bertz CT molecular complexity index is 1230. The lowest BCUT2D eigenvalue weighted by Gasteiger charge is -2.37. The first-order valence-corrected chi connectivity index (χ1v) is 12.9. The molecule has 0 aliphatic carbocycles. The summed E-state index contributed by atoms with van der Waals surface area (Å²) in [6, 6.07) is 8.43. The molecule has 0 bridgehead atoms. The van der Waals surface area contributed by atoms with Gasteiger partial charge in [0.2, 0.25) is 0 Å². The Kier molecular flexibility index (Phi) is 7.27. The van der Waals surface area contributed by atoms with Crippen LogP contribution >= 0.6 is 33.9 Å². The van der Waals surface area contributed by atoms with Crippen LogP contribution in [0.15, 0.2) is 36.5 Å². The molecule has 4 rings (SSSR count). The molecule has 0 spiro atoms. The van der Waals surface area contributed by atoms with Gasteiger partial charge in [-0.25, -0.2) is 14.2 Å². The largest absolute Gasteiger partial charge is 0.444 e. The predicted octanol–water partition coefficient (Wildman–Crippen LogP) is 6.26. The van der Waals surface area contributed by atoms with Gasteiger partial charge in [-0.15, -0.1) is 0 Å². The number of carbonyl (C=O) groups is 2. The van der Waals surface area contributed by atoms with Gasteiger partial charge in [-0.2, -0.15) is 0 Å². The van der Waals surface area contributed by atoms with Gasteiger partial charge in [0.1, 0.15) is 27.4 Å². The number of fused-ring (bicyclic) bond motifs is 1. The Labute approximate surface area is 215 Å². The quantitative estimate of drug-likeness (QED) is 0.348. The molecule has 10 heteroatoms. The molecule has 1 saturated heterocycles. The number of amides is 2. The third kappa shape index (κ3) is 5.60. The summed E-state index contributed by atoms with van der Waals surface area (Å²) in [5.41, 5.74) is 0.0160. The normalized spacial score (nSPS) is 16.4. The van der Waals surface area contributed by atoms with Gasteiger partial charge in [0.15, 0.2) is 0 Å². The minimum atomic E-state index is -0.632. The number of anilines is 2. The number of pyridine rings is 1. The number of hydrogen-bond donors (Lipinski definition) is 2. The number of piperidine rings is 1. The van der Waals surface area contributed by atoms with Gasteiger partial charge >= 0.3 is 6.09 Å². The Morgan fingerprint density at radius 3 is 2.79 bits per heavy atom. The first kappa shape index (κ1) is 24.6. The molecular formula is C24H26FIN4O3S. The number of benzene rings is 1. The molecule has 7 nitrogen and oxygen atoms in total. The molecule has 1 aromatic carbocycles. The molecule has 1 aliphatic heterocycles. The van der Waals surface area contributed by atoms with Crippen molar-refractivity contribution in [3.05, 3.63) is 51.5 Å². The fourth-order valence-corrected chi connectivity index (χ4v) is 5.31. The standard InChI is InChI=1S/C24H26FIN4O3S/c1-24(2,3)33-23(32)30-12-5-4-8-18(30)29-20(31)19-15-7-6-11-27-21(15)34-22(19)28-17-10-9-14(26)13-16(17)25/h6-7,9-11,13,18,28H,4-5,8,12H2,1-3H3,(H,29,31). The zero-order valence-corrected chi connectivity index (χ0v) is 22.1. The van der Waals surface area contributed by atoms with Crippen LogP contribution in [0.4, 0.5) is 19.9 Å². The number of thiophene rings is 1. The van der Waals surface area contributed by atoms with Crippen LogP contribution in [0.1, 0.15) is 50.4 Å². The van der Waals surface area contributed by atoms with Crippen LogP contribution in [-0.2, 0) is 4.74 Å².